The second kappa shape index (κ2) is 6.18. The van der Waals surface area contributed by atoms with E-state index in [0.717, 1.165) is 11.4 Å². The molecule has 1 aromatic heterocycles. The zero-order valence-electron chi connectivity index (χ0n) is 12.6. The summed E-state index contributed by atoms with van der Waals surface area (Å²) in [4.78, 5) is 12.9. The molecule has 0 aliphatic rings. The number of hydrogen-bond acceptors (Lipinski definition) is 7. The first kappa shape index (κ1) is 14.6. The highest BCUT2D eigenvalue weighted by Crippen LogP contribution is 2.19. The molecule has 0 aliphatic carbocycles. The average molecular weight is 307 g/mol. The SMILES string of the molecule is Cc1nc(Nc2cccc(N)c2)nc(Nc2cccc(N)c2)n1. The number of hydrogen-bond donors (Lipinski definition) is 4. The molecule has 7 nitrogen and oxygen atoms in total. The molecule has 0 saturated heterocycles. The van der Waals surface area contributed by atoms with Crippen LogP contribution in [-0.4, -0.2) is 15.0 Å². The summed E-state index contributed by atoms with van der Waals surface area (Å²) in [5, 5.41) is 6.23. The van der Waals surface area contributed by atoms with E-state index in [1.807, 2.05) is 48.5 Å². The molecule has 2 aromatic carbocycles. The zero-order valence-corrected chi connectivity index (χ0v) is 12.6. The minimum absolute atomic E-state index is 0.439. The Labute approximate surface area is 133 Å². The van der Waals surface area contributed by atoms with Crippen LogP contribution in [0.3, 0.4) is 0 Å². The van der Waals surface area contributed by atoms with Crippen LogP contribution >= 0.6 is 0 Å². The van der Waals surface area contributed by atoms with E-state index in [1.54, 1.807) is 6.92 Å². The molecule has 6 N–H and O–H groups in total. The van der Waals surface area contributed by atoms with Crippen molar-refractivity contribution >= 4 is 34.6 Å². The molecule has 0 aliphatic heterocycles. The average Bonchev–Trinajstić information content (AvgIpc) is 2.46. The fraction of sp³-hybridized carbons (Fsp3) is 0.0625. The predicted octanol–water partition coefficient (Wildman–Crippen LogP) is 2.83. The monoisotopic (exact) mass is 307 g/mol. The molecule has 3 rings (SSSR count). The Kier molecular flexibility index (Phi) is 3.92. The molecule has 0 bridgehead atoms. The summed E-state index contributed by atoms with van der Waals surface area (Å²) in [6.07, 6.45) is 0. The molecule has 7 heteroatoms. The topological polar surface area (TPSA) is 115 Å². The van der Waals surface area contributed by atoms with Gasteiger partial charge in [-0.05, 0) is 43.3 Å². The van der Waals surface area contributed by atoms with Gasteiger partial charge < -0.3 is 22.1 Å². The lowest BCUT2D eigenvalue weighted by molar-refractivity contribution is 0.989. The maximum absolute atomic E-state index is 5.77. The van der Waals surface area contributed by atoms with Gasteiger partial charge in [0.25, 0.3) is 0 Å². The van der Waals surface area contributed by atoms with E-state index in [1.165, 1.54) is 0 Å². The zero-order chi connectivity index (χ0) is 16.2. The Morgan fingerprint density at radius 3 is 1.65 bits per heavy atom. The largest absolute Gasteiger partial charge is 0.399 e. The first-order chi connectivity index (χ1) is 11.1. The van der Waals surface area contributed by atoms with Crippen LogP contribution in [0.1, 0.15) is 5.82 Å². The van der Waals surface area contributed by atoms with Crippen molar-refractivity contribution in [3.05, 3.63) is 54.4 Å². The maximum Gasteiger partial charge on any atom is 0.232 e. The van der Waals surface area contributed by atoms with Gasteiger partial charge in [-0.3, -0.25) is 0 Å². The Bertz CT molecular complexity index is 766. The molecular formula is C16H17N7. The molecule has 0 spiro atoms. The van der Waals surface area contributed by atoms with Crippen LogP contribution in [0.25, 0.3) is 0 Å². The number of nitrogen functional groups attached to an aromatic ring is 2. The van der Waals surface area contributed by atoms with Crippen LogP contribution in [0.4, 0.5) is 34.6 Å². The van der Waals surface area contributed by atoms with E-state index in [4.69, 9.17) is 11.5 Å². The van der Waals surface area contributed by atoms with E-state index in [-0.39, 0.29) is 0 Å². The van der Waals surface area contributed by atoms with Crippen molar-refractivity contribution in [3.63, 3.8) is 0 Å². The summed E-state index contributed by atoms with van der Waals surface area (Å²) >= 11 is 0. The van der Waals surface area contributed by atoms with Gasteiger partial charge in [-0.2, -0.15) is 15.0 Å². The number of aromatic nitrogens is 3. The summed E-state index contributed by atoms with van der Waals surface area (Å²) in [7, 11) is 0. The standard InChI is InChI=1S/C16H17N7/c1-10-19-15(21-13-6-2-4-11(17)8-13)23-16(20-10)22-14-7-3-5-12(18)9-14/h2-9H,17-18H2,1H3,(H2,19,20,21,22,23). The van der Waals surface area contributed by atoms with Gasteiger partial charge in [0.05, 0.1) is 0 Å². The first-order valence-corrected chi connectivity index (χ1v) is 7.06. The molecule has 0 amide bonds. The summed E-state index contributed by atoms with van der Waals surface area (Å²) < 4.78 is 0. The van der Waals surface area contributed by atoms with Gasteiger partial charge in [-0.1, -0.05) is 12.1 Å². The number of anilines is 6. The Balaban J connectivity index is 1.84. The molecule has 116 valence electrons. The number of aryl methyl sites for hydroxylation is 1. The minimum Gasteiger partial charge on any atom is -0.399 e. The van der Waals surface area contributed by atoms with Gasteiger partial charge in [-0.25, -0.2) is 0 Å². The van der Waals surface area contributed by atoms with E-state index in [0.29, 0.717) is 29.1 Å². The number of nitrogens with two attached hydrogens (primary N) is 2. The molecule has 3 aromatic rings. The Morgan fingerprint density at radius 2 is 1.22 bits per heavy atom. The highest BCUT2D eigenvalue weighted by atomic mass is 15.2. The normalized spacial score (nSPS) is 10.3. The fourth-order valence-electron chi connectivity index (χ4n) is 2.08. The highest BCUT2D eigenvalue weighted by molar-refractivity contribution is 5.62. The summed E-state index contributed by atoms with van der Waals surface area (Å²) in [6.45, 7) is 1.80. The highest BCUT2D eigenvalue weighted by Gasteiger charge is 2.05. The summed E-state index contributed by atoms with van der Waals surface area (Å²) in [5.41, 5.74) is 14.5. The third-order valence-corrected chi connectivity index (χ3v) is 3.03. The van der Waals surface area contributed by atoms with Gasteiger partial charge in [-0.15, -0.1) is 0 Å². The molecule has 23 heavy (non-hydrogen) atoms. The third-order valence-electron chi connectivity index (χ3n) is 3.03. The van der Waals surface area contributed by atoms with Crippen LogP contribution in [0.15, 0.2) is 48.5 Å². The minimum atomic E-state index is 0.439. The van der Waals surface area contributed by atoms with E-state index >= 15 is 0 Å². The molecule has 1 heterocycles. The number of nitrogens with zero attached hydrogens (tertiary/aromatic N) is 3. The van der Waals surface area contributed by atoms with Crippen molar-refractivity contribution in [2.45, 2.75) is 6.92 Å². The maximum atomic E-state index is 5.77. The van der Waals surface area contributed by atoms with E-state index < -0.39 is 0 Å². The van der Waals surface area contributed by atoms with Gasteiger partial charge in [0.2, 0.25) is 11.9 Å². The fourth-order valence-corrected chi connectivity index (χ4v) is 2.08. The number of nitrogens with one attached hydrogen (secondary N) is 2. The van der Waals surface area contributed by atoms with Gasteiger partial charge in [0, 0.05) is 22.7 Å². The van der Waals surface area contributed by atoms with Crippen molar-refractivity contribution in [2.75, 3.05) is 22.1 Å². The van der Waals surface area contributed by atoms with Crippen molar-refractivity contribution < 1.29 is 0 Å². The van der Waals surface area contributed by atoms with Gasteiger partial charge in [0.15, 0.2) is 0 Å². The molecular weight excluding hydrogens is 290 g/mol. The molecule has 0 radical (unpaired) electrons. The van der Waals surface area contributed by atoms with Crippen LogP contribution < -0.4 is 22.1 Å². The van der Waals surface area contributed by atoms with Gasteiger partial charge in [0.1, 0.15) is 5.82 Å². The lowest BCUT2D eigenvalue weighted by atomic mass is 10.3. The third kappa shape index (κ3) is 3.85. The van der Waals surface area contributed by atoms with Crippen LogP contribution in [-0.2, 0) is 0 Å². The van der Waals surface area contributed by atoms with E-state index in [9.17, 15) is 0 Å². The predicted molar refractivity (Wildman–Crippen MR) is 92.8 cm³/mol. The number of rotatable bonds is 4. The second-order valence-corrected chi connectivity index (χ2v) is 5.03. The van der Waals surface area contributed by atoms with E-state index in [2.05, 4.69) is 25.6 Å². The molecule has 0 saturated carbocycles. The Morgan fingerprint density at radius 1 is 0.739 bits per heavy atom. The molecule has 0 unspecified atom stereocenters. The van der Waals surface area contributed by atoms with Crippen molar-refractivity contribution in [3.8, 4) is 0 Å². The van der Waals surface area contributed by atoms with Crippen LogP contribution in [0, 0.1) is 6.92 Å². The summed E-state index contributed by atoms with van der Waals surface area (Å²) in [5.74, 6) is 1.47. The Hall–Kier alpha value is -3.35. The van der Waals surface area contributed by atoms with Crippen molar-refractivity contribution in [1.82, 2.24) is 15.0 Å². The first-order valence-electron chi connectivity index (χ1n) is 7.06. The smallest absolute Gasteiger partial charge is 0.232 e. The lowest BCUT2D eigenvalue weighted by Crippen LogP contribution is -2.05. The quantitative estimate of drug-likeness (QED) is 0.548. The second-order valence-electron chi connectivity index (χ2n) is 5.03. The molecule has 0 fully saturated rings. The van der Waals surface area contributed by atoms with Gasteiger partial charge >= 0.3 is 0 Å². The molecule has 0 atom stereocenters. The van der Waals surface area contributed by atoms with Crippen molar-refractivity contribution in [2.24, 2.45) is 0 Å². The number of benzene rings is 2. The van der Waals surface area contributed by atoms with Crippen LogP contribution in [0.2, 0.25) is 0 Å². The lowest BCUT2D eigenvalue weighted by Gasteiger charge is -2.09. The summed E-state index contributed by atoms with van der Waals surface area (Å²) in [6, 6.07) is 14.7. The van der Waals surface area contributed by atoms with Crippen LogP contribution in [0.5, 0.6) is 0 Å². The van der Waals surface area contributed by atoms with Crippen molar-refractivity contribution in [1.29, 1.82) is 0 Å².